The molecule has 0 fully saturated rings. The number of nitrogens with two attached hydrogens (primary N) is 1. The molecule has 0 saturated heterocycles. The van der Waals surface area contributed by atoms with Crippen LogP contribution in [0, 0.1) is 11.3 Å². The largest absolute Gasteiger partial charge is 0.488 e. The van der Waals surface area contributed by atoms with E-state index in [1.165, 1.54) is 6.92 Å². The average molecular weight is 269 g/mol. The molecule has 1 amide bonds. The third-order valence-corrected chi connectivity index (χ3v) is 3.00. The summed E-state index contributed by atoms with van der Waals surface area (Å²) in [4.78, 5) is 12.1. The van der Waals surface area contributed by atoms with Crippen molar-refractivity contribution in [3.05, 3.63) is 46.7 Å². The van der Waals surface area contributed by atoms with Gasteiger partial charge in [0.1, 0.15) is 24.0 Å². The summed E-state index contributed by atoms with van der Waals surface area (Å²) in [7, 11) is 0. The lowest BCUT2D eigenvalue weighted by molar-refractivity contribution is -0.116. The fraction of sp³-hybridized carbons (Fsp3) is 0.200. The molecule has 5 heteroatoms. The first-order chi connectivity index (χ1) is 9.54. The third kappa shape index (κ3) is 2.50. The Morgan fingerprint density at radius 2 is 2.15 bits per heavy atom. The number of para-hydroxylation sites is 1. The van der Waals surface area contributed by atoms with E-state index in [0.29, 0.717) is 18.1 Å². The topological polar surface area (TPSA) is 88.1 Å². The van der Waals surface area contributed by atoms with Crippen LogP contribution >= 0.6 is 0 Å². The lowest BCUT2D eigenvalue weighted by atomic mass is 10.0. The molecule has 0 radical (unpaired) electrons. The SMILES string of the molecule is CC1=C(NC(=O)/C(C#N)=C(\C)N)c2ccccc2OC1. The van der Waals surface area contributed by atoms with Crippen molar-refractivity contribution in [3.63, 3.8) is 0 Å². The van der Waals surface area contributed by atoms with Gasteiger partial charge in [0.25, 0.3) is 5.91 Å². The van der Waals surface area contributed by atoms with E-state index in [-0.39, 0.29) is 11.3 Å². The van der Waals surface area contributed by atoms with Crippen molar-refractivity contribution < 1.29 is 9.53 Å². The van der Waals surface area contributed by atoms with Gasteiger partial charge in [-0.25, -0.2) is 0 Å². The summed E-state index contributed by atoms with van der Waals surface area (Å²) < 4.78 is 5.57. The van der Waals surface area contributed by atoms with E-state index in [2.05, 4.69) is 5.32 Å². The van der Waals surface area contributed by atoms with Gasteiger partial charge in [0.15, 0.2) is 0 Å². The van der Waals surface area contributed by atoms with Crippen LogP contribution < -0.4 is 15.8 Å². The Labute approximate surface area is 117 Å². The standard InChI is InChI=1S/C15H15N3O2/c1-9-8-20-13-6-4-3-5-11(13)14(9)18-15(19)12(7-16)10(2)17/h3-6H,8,17H2,1-2H3,(H,18,19)/b12-10+. The highest BCUT2D eigenvalue weighted by atomic mass is 16.5. The molecule has 0 saturated carbocycles. The Hall–Kier alpha value is -2.74. The number of ether oxygens (including phenoxy) is 1. The van der Waals surface area contributed by atoms with Gasteiger partial charge in [-0.15, -0.1) is 0 Å². The number of fused-ring (bicyclic) bond motifs is 1. The van der Waals surface area contributed by atoms with Gasteiger partial charge in [-0.2, -0.15) is 5.26 Å². The molecule has 3 N–H and O–H groups in total. The van der Waals surface area contributed by atoms with E-state index in [1.807, 2.05) is 37.3 Å². The van der Waals surface area contributed by atoms with Gasteiger partial charge in [0.2, 0.25) is 0 Å². The quantitative estimate of drug-likeness (QED) is 0.631. The summed E-state index contributed by atoms with van der Waals surface area (Å²) in [5.41, 5.74) is 8.03. The van der Waals surface area contributed by atoms with Gasteiger partial charge in [-0.05, 0) is 31.6 Å². The maximum Gasteiger partial charge on any atom is 0.268 e. The number of carbonyl (C=O) groups excluding carboxylic acids is 1. The number of hydrogen-bond donors (Lipinski definition) is 2. The molecule has 1 aliphatic rings. The van der Waals surface area contributed by atoms with E-state index in [0.717, 1.165) is 11.1 Å². The minimum absolute atomic E-state index is 0.0747. The third-order valence-electron chi connectivity index (χ3n) is 3.00. The molecule has 0 atom stereocenters. The normalized spacial score (nSPS) is 14.7. The summed E-state index contributed by atoms with van der Waals surface area (Å²) in [6, 6.07) is 9.24. The predicted octanol–water partition coefficient (Wildman–Crippen LogP) is 1.68. The van der Waals surface area contributed by atoms with Crippen molar-refractivity contribution in [3.8, 4) is 11.8 Å². The first kappa shape index (κ1) is 13.7. The summed E-state index contributed by atoms with van der Waals surface area (Å²) >= 11 is 0. The maximum absolute atomic E-state index is 12.1. The molecule has 20 heavy (non-hydrogen) atoms. The fourth-order valence-electron chi connectivity index (χ4n) is 1.96. The Morgan fingerprint density at radius 3 is 2.80 bits per heavy atom. The van der Waals surface area contributed by atoms with Gasteiger partial charge < -0.3 is 15.8 Å². The summed E-state index contributed by atoms with van der Waals surface area (Å²) in [6.45, 7) is 3.80. The second-order valence-corrected chi connectivity index (χ2v) is 4.56. The van der Waals surface area contributed by atoms with Crippen LogP contribution in [0.3, 0.4) is 0 Å². The number of nitriles is 1. The number of rotatable bonds is 2. The number of hydrogen-bond acceptors (Lipinski definition) is 4. The number of allylic oxidation sites excluding steroid dienone is 1. The smallest absolute Gasteiger partial charge is 0.268 e. The molecule has 0 aromatic heterocycles. The molecule has 0 unspecified atom stereocenters. The molecule has 0 bridgehead atoms. The lowest BCUT2D eigenvalue weighted by Gasteiger charge is -2.22. The molecule has 102 valence electrons. The fourth-order valence-corrected chi connectivity index (χ4v) is 1.96. The Morgan fingerprint density at radius 1 is 1.45 bits per heavy atom. The van der Waals surface area contributed by atoms with Crippen molar-refractivity contribution in [2.45, 2.75) is 13.8 Å². The Bertz CT molecular complexity index is 662. The van der Waals surface area contributed by atoms with Crippen LogP contribution in [-0.4, -0.2) is 12.5 Å². The first-order valence-corrected chi connectivity index (χ1v) is 6.14. The van der Waals surface area contributed by atoms with Crippen LogP contribution in [0.25, 0.3) is 5.70 Å². The van der Waals surface area contributed by atoms with E-state index < -0.39 is 5.91 Å². The molecule has 0 aliphatic carbocycles. The van der Waals surface area contributed by atoms with Crippen molar-refractivity contribution >= 4 is 11.6 Å². The Balaban J connectivity index is 2.36. The Kier molecular flexibility index (Phi) is 3.76. The number of carbonyl (C=O) groups is 1. The first-order valence-electron chi connectivity index (χ1n) is 6.14. The van der Waals surface area contributed by atoms with E-state index in [9.17, 15) is 4.79 Å². The van der Waals surface area contributed by atoms with Crippen LogP contribution in [0.4, 0.5) is 0 Å². The van der Waals surface area contributed by atoms with Crippen LogP contribution in [0.2, 0.25) is 0 Å². The van der Waals surface area contributed by atoms with E-state index >= 15 is 0 Å². The molecule has 1 heterocycles. The molecule has 2 rings (SSSR count). The predicted molar refractivity (Wildman–Crippen MR) is 75.2 cm³/mol. The van der Waals surface area contributed by atoms with Gasteiger partial charge in [-0.1, -0.05) is 12.1 Å². The molecular weight excluding hydrogens is 254 g/mol. The van der Waals surface area contributed by atoms with Crippen LogP contribution in [-0.2, 0) is 4.79 Å². The number of nitrogens with zero attached hydrogens (tertiary/aromatic N) is 1. The summed E-state index contributed by atoms with van der Waals surface area (Å²) in [5, 5.41) is 11.7. The zero-order valence-electron chi connectivity index (χ0n) is 11.4. The maximum atomic E-state index is 12.1. The lowest BCUT2D eigenvalue weighted by Crippen LogP contribution is -2.28. The molecule has 1 aromatic carbocycles. The number of amides is 1. The molecule has 0 spiro atoms. The number of benzene rings is 1. The molecule has 5 nitrogen and oxygen atoms in total. The van der Waals surface area contributed by atoms with Crippen LogP contribution in [0.5, 0.6) is 5.75 Å². The monoisotopic (exact) mass is 269 g/mol. The molecule has 1 aromatic rings. The summed E-state index contributed by atoms with van der Waals surface area (Å²) in [5.74, 6) is 0.207. The van der Waals surface area contributed by atoms with Crippen molar-refractivity contribution in [2.24, 2.45) is 5.73 Å². The van der Waals surface area contributed by atoms with Gasteiger partial charge >= 0.3 is 0 Å². The minimum atomic E-state index is -0.501. The van der Waals surface area contributed by atoms with Crippen molar-refractivity contribution in [1.29, 1.82) is 5.26 Å². The highest BCUT2D eigenvalue weighted by Gasteiger charge is 2.21. The zero-order chi connectivity index (χ0) is 14.7. The van der Waals surface area contributed by atoms with Gasteiger partial charge in [-0.3, -0.25) is 4.79 Å². The van der Waals surface area contributed by atoms with Crippen molar-refractivity contribution in [1.82, 2.24) is 5.32 Å². The van der Waals surface area contributed by atoms with Crippen LogP contribution in [0.1, 0.15) is 19.4 Å². The van der Waals surface area contributed by atoms with E-state index in [4.69, 9.17) is 15.7 Å². The highest BCUT2D eigenvalue weighted by molar-refractivity contribution is 6.03. The average Bonchev–Trinajstić information content (AvgIpc) is 2.42. The van der Waals surface area contributed by atoms with E-state index in [1.54, 1.807) is 0 Å². The minimum Gasteiger partial charge on any atom is -0.488 e. The van der Waals surface area contributed by atoms with Crippen LogP contribution in [0.15, 0.2) is 41.1 Å². The van der Waals surface area contributed by atoms with Gasteiger partial charge in [0.05, 0.1) is 5.70 Å². The summed E-state index contributed by atoms with van der Waals surface area (Å²) in [6.07, 6.45) is 0. The highest BCUT2D eigenvalue weighted by Crippen LogP contribution is 2.31. The van der Waals surface area contributed by atoms with Gasteiger partial charge in [0, 0.05) is 11.3 Å². The molecule has 1 aliphatic heterocycles. The second kappa shape index (κ2) is 5.49. The molecular formula is C15H15N3O2. The van der Waals surface area contributed by atoms with Crippen molar-refractivity contribution in [2.75, 3.05) is 6.61 Å². The number of nitrogens with one attached hydrogen (secondary N) is 1. The second-order valence-electron chi connectivity index (χ2n) is 4.56. The zero-order valence-corrected chi connectivity index (χ0v) is 11.4.